The maximum Gasteiger partial charge on any atom is 0.244 e. The first-order valence-electron chi connectivity index (χ1n) is 10.5. The van der Waals surface area contributed by atoms with Crippen LogP contribution in [0.3, 0.4) is 0 Å². The van der Waals surface area contributed by atoms with Crippen LogP contribution in [0.2, 0.25) is 0 Å². The van der Waals surface area contributed by atoms with Crippen LogP contribution < -0.4 is 15.5 Å². The molecule has 162 valence electrons. The number of methoxy groups -OCH3 is 1. The molecule has 1 unspecified atom stereocenters. The van der Waals surface area contributed by atoms with Crippen molar-refractivity contribution < 1.29 is 9.53 Å². The molecular weight excluding hydrogens is 366 g/mol. The number of carbonyl (C=O) groups excluding carboxylic acids is 1. The second-order valence-electron chi connectivity index (χ2n) is 8.37. The molecule has 2 N–H and O–H groups in total. The predicted octanol–water partition coefficient (Wildman–Crippen LogP) is 1.95. The molecule has 0 spiro atoms. The minimum absolute atomic E-state index is 0.0212. The average molecular weight is 404 g/mol. The van der Waals surface area contributed by atoms with Crippen LogP contribution in [0.4, 0.5) is 5.69 Å². The van der Waals surface area contributed by atoms with E-state index >= 15 is 0 Å². The van der Waals surface area contributed by atoms with E-state index in [9.17, 15) is 4.79 Å². The van der Waals surface area contributed by atoms with Gasteiger partial charge in [-0.25, -0.2) is 4.99 Å². The number of para-hydroxylation sites is 1. The van der Waals surface area contributed by atoms with E-state index in [2.05, 4.69) is 53.4 Å². The number of amides is 1. The first-order chi connectivity index (χ1) is 13.8. The molecule has 0 saturated carbocycles. The van der Waals surface area contributed by atoms with Gasteiger partial charge in [0.05, 0.1) is 6.10 Å². The summed E-state index contributed by atoms with van der Waals surface area (Å²) in [5, 5.41) is 6.50. The number of hydrogen-bond acceptors (Lipinski definition) is 4. The average Bonchev–Trinajstić information content (AvgIpc) is 2.72. The van der Waals surface area contributed by atoms with Crippen molar-refractivity contribution in [2.75, 3.05) is 57.8 Å². The van der Waals surface area contributed by atoms with E-state index in [4.69, 9.17) is 4.74 Å². The Kier molecular flexibility index (Phi) is 8.76. The zero-order valence-corrected chi connectivity index (χ0v) is 18.6. The molecule has 1 heterocycles. The lowest BCUT2D eigenvalue weighted by molar-refractivity contribution is -0.129. The summed E-state index contributed by atoms with van der Waals surface area (Å²) in [5.74, 6) is 0.712. The number of nitrogens with zero attached hydrogens (tertiary/aromatic N) is 3. The molecule has 7 heteroatoms. The minimum Gasteiger partial charge on any atom is -0.379 e. The fourth-order valence-corrected chi connectivity index (χ4v) is 3.37. The second-order valence-corrected chi connectivity index (χ2v) is 8.37. The van der Waals surface area contributed by atoms with Crippen LogP contribution in [-0.2, 0) is 9.53 Å². The maximum atomic E-state index is 12.6. The topological polar surface area (TPSA) is 69.2 Å². The van der Waals surface area contributed by atoms with Gasteiger partial charge in [0.2, 0.25) is 5.91 Å². The van der Waals surface area contributed by atoms with Gasteiger partial charge in [-0.1, -0.05) is 39.0 Å². The van der Waals surface area contributed by atoms with E-state index in [1.54, 1.807) is 7.11 Å². The Morgan fingerprint density at radius 2 is 1.79 bits per heavy atom. The van der Waals surface area contributed by atoms with Crippen LogP contribution in [-0.4, -0.2) is 75.8 Å². The van der Waals surface area contributed by atoms with Crippen molar-refractivity contribution in [3.05, 3.63) is 30.3 Å². The molecule has 1 aromatic rings. The Morgan fingerprint density at radius 1 is 1.14 bits per heavy atom. The van der Waals surface area contributed by atoms with E-state index in [-0.39, 0.29) is 24.0 Å². The molecule has 0 radical (unpaired) electrons. The smallest absolute Gasteiger partial charge is 0.244 e. The van der Waals surface area contributed by atoms with Gasteiger partial charge in [0.1, 0.15) is 6.54 Å². The van der Waals surface area contributed by atoms with Crippen molar-refractivity contribution >= 4 is 17.6 Å². The van der Waals surface area contributed by atoms with Crippen molar-refractivity contribution in [2.24, 2.45) is 10.4 Å². The SMILES string of the molecule is CCNC(=NCC(=O)N1CCN(c2ccccc2)CC1)NCC(OC)C(C)(C)C. The number of carbonyl (C=O) groups is 1. The summed E-state index contributed by atoms with van der Waals surface area (Å²) in [6, 6.07) is 10.3. The van der Waals surface area contributed by atoms with Crippen molar-refractivity contribution in [1.82, 2.24) is 15.5 Å². The molecule has 1 amide bonds. The first kappa shape index (κ1) is 23.0. The highest BCUT2D eigenvalue weighted by atomic mass is 16.5. The van der Waals surface area contributed by atoms with Gasteiger partial charge in [-0.2, -0.15) is 0 Å². The van der Waals surface area contributed by atoms with Crippen LogP contribution in [0.5, 0.6) is 0 Å². The minimum atomic E-state index is 0.0212. The van der Waals surface area contributed by atoms with Gasteiger partial charge in [-0.3, -0.25) is 4.79 Å². The largest absolute Gasteiger partial charge is 0.379 e. The number of aliphatic imine (C=N–C) groups is 1. The molecule has 0 aromatic heterocycles. The summed E-state index contributed by atoms with van der Waals surface area (Å²) in [6.45, 7) is 13.1. The fraction of sp³-hybridized carbons (Fsp3) is 0.636. The molecule has 29 heavy (non-hydrogen) atoms. The van der Waals surface area contributed by atoms with Gasteiger partial charge < -0.3 is 25.2 Å². The molecule has 0 aliphatic carbocycles. The van der Waals surface area contributed by atoms with Crippen LogP contribution in [0.25, 0.3) is 0 Å². The predicted molar refractivity (Wildman–Crippen MR) is 119 cm³/mol. The van der Waals surface area contributed by atoms with Gasteiger partial charge in [-0.05, 0) is 24.5 Å². The highest BCUT2D eigenvalue weighted by molar-refractivity contribution is 5.85. The Labute approximate surface area is 175 Å². The maximum absolute atomic E-state index is 12.6. The van der Waals surface area contributed by atoms with Gasteiger partial charge in [0.15, 0.2) is 5.96 Å². The quantitative estimate of drug-likeness (QED) is 0.538. The molecular formula is C22H37N5O2. The highest BCUT2D eigenvalue weighted by Gasteiger charge is 2.25. The molecule has 1 fully saturated rings. The third-order valence-electron chi connectivity index (χ3n) is 5.18. The first-order valence-corrected chi connectivity index (χ1v) is 10.5. The van der Waals surface area contributed by atoms with E-state index in [0.717, 1.165) is 32.7 Å². The Hall–Kier alpha value is -2.28. The number of nitrogens with one attached hydrogen (secondary N) is 2. The van der Waals surface area contributed by atoms with Gasteiger partial charge >= 0.3 is 0 Å². The monoisotopic (exact) mass is 403 g/mol. The van der Waals surface area contributed by atoms with E-state index in [1.165, 1.54) is 5.69 Å². The molecule has 1 atom stereocenters. The molecule has 2 rings (SSSR count). The van der Waals surface area contributed by atoms with Crippen LogP contribution in [0.15, 0.2) is 35.3 Å². The summed E-state index contributed by atoms with van der Waals surface area (Å²) < 4.78 is 5.59. The van der Waals surface area contributed by atoms with Crippen molar-refractivity contribution in [2.45, 2.75) is 33.8 Å². The Balaban J connectivity index is 1.85. The van der Waals surface area contributed by atoms with E-state index in [1.807, 2.05) is 30.0 Å². The normalized spacial score (nSPS) is 16.5. The number of guanidine groups is 1. The van der Waals surface area contributed by atoms with Crippen molar-refractivity contribution in [1.29, 1.82) is 0 Å². The zero-order valence-electron chi connectivity index (χ0n) is 18.6. The summed E-state index contributed by atoms with van der Waals surface area (Å²) in [7, 11) is 1.72. The number of piperazine rings is 1. The molecule has 1 aliphatic rings. The Morgan fingerprint density at radius 3 is 2.34 bits per heavy atom. The van der Waals surface area contributed by atoms with Crippen LogP contribution >= 0.6 is 0 Å². The number of anilines is 1. The number of benzene rings is 1. The summed E-state index contributed by atoms with van der Waals surface area (Å²) in [4.78, 5) is 21.3. The number of hydrogen-bond donors (Lipinski definition) is 2. The van der Waals surface area contributed by atoms with Crippen molar-refractivity contribution in [3.8, 4) is 0 Å². The van der Waals surface area contributed by atoms with Crippen LogP contribution in [0, 0.1) is 5.41 Å². The number of ether oxygens (including phenoxy) is 1. The van der Waals surface area contributed by atoms with Crippen LogP contribution in [0.1, 0.15) is 27.7 Å². The standard InChI is InChI=1S/C22H37N5O2/c1-6-23-21(24-16-19(29-5)22(2,3)4)25-17-20(28)27-14-12-26(13-15-27)18-10-8-7-9-11-18/h7-11,19H,6,12-17H2,1-5H3,(H2,23,24,25). The van der Waals surface area contributed by atoms with Gasteiger partial charge in [0, 0.05) is 52.1 Å². The summed E-state index contributed by atoms with van der Waals surface area (Å²) >= 11 is 0. The van der Waals surface area contributed by atoms with E-state index in [0.29, 0.717) is 12.5 Å². The lowest BCUT2D eigenvalue weighted by Gasteiger charge is -2.36. The molecule has 0 bridgehead atoms. The lowest BCUT2D eigenvalue weighted by atomic mass is 9.89. The third-order valence-corrected chi connectivity index (χ3v) is 5.18. The third kappa shape index (κ3) is 7.24. The lowest BCUT2D eigenvalue weighted by Crippen LogP contribution is -2.50. The fourth-order valence-electron chi connectivity index (χ4n) is 3.37. The van der Waals surface area contributed by atoms with E-state index < -0.39 is 0 Å². The summed E-state index contributed by atoms with van der Waals surface area (Å²) in [6.07, 6.45) is 0.0492. The molecule has 1 saturated heterocycles. The van der Waals surface area contributed by atoms with Gasteiger partial charge in [0.25, 0.3) is 0 Å². The highest BCUT2D eigenvalue weighted by Crippen LogP contribution is 2.21. The van der Waals surface area contributed by atoms with Gasteiger partial charge in [-0.15, -0.1) is 0 Å². The van der Waals surface area contributed by atoms with Crippen molar-refractivity contribution in [3.63, 3.8) is 0 Å². The second kappa shape index (κ2) is 11.0. The Bertz CT molecular complexity index is 649. The number of rotatable bonds is 7. The molecule has 1 aromatic carbocycles. The summed E-state index contributed by atoms with van der Waals surface area (Å²) in [5.41, 5.74) is 1.23. The molecule has 1 aliphatic heterocycles. The molecule has 7 nitrogen and oxygen atoms in total. The zero-order chi connectivity index (χ0) is 21.3.